The molecule has 2 aromatic rings. The van der Waals surface area contributed by atoms with Gasteiger partial charge < -0.3 is 15.2 Å². The quantitative estimate of drug-likeness (QED) is 0.670. The van der Waals surface area contributed by atoms with E-state index < -0.39 is 5.97 Å². The van der Waals surface area contributed by atoms with Crippen LogP contribution in [0, 0.1) is 6.92 Å². The van der Waals surface area contributed by atoms with Gasteiger partial charge in [-0.1, -0.05) is 12.1 Å². The van der Waals surface area contributed by atoms with Gasteiger partial charge in [-0.3, -0.25) is 0 Å². The summed E-state index contributed by atoms with van der Waals surface area (Å²) >= 11 is 1.46. The number of anilines is 1. The first kappa shape index (κ1) is 13.4. The third-order valence-electron chi connectivity index (χ3n) is 2.29. The number of carbonyl (C=O) groups excluding carboxylic acids is 1. The van der Waals surface area contributed by atoms with Gasteiger partial charge in [0, 0.05) is 11.1 Å². The van der Waals surface area contributed by atoms with Crippen LogP contribution in [0.5, 0.6) is 5.75 Å². The summed E-state index contributed by atoms with van der Waals surface area (Å²) < 4.78 is 10.3. The van der Waals surface area contributed by atoms with Crippen molar-refractivity contribution in [1.82, 2.24) is 4.98 Å². The van der Waals surface area contributed by atoms with Crippen molar-refractivity contribution in [3.63, 3.8) is 0 Å². The lowest BCUT2D eigenvalue weighted by atomic mass is 10.3. The molecule has 19 heavy (non-hydrogen) atoms. The molecule has 6 heteroatoms. The van der Waals surface area contributed by atoms with Crippen LogP contribution in [0.3, 0.4) is 0 Å². The van der Waals surface area contributed by atoms with E-state index >= 15 is 0 Å². The fraction of sp³-hybridized carbons (Fsp3) is 0.231. The molecule has 1 aromatic heterocycles. The van der Waals surface area contributed by atoms with Crippen LogP contribution in [0.15, 0.2) is 29.6 Å². The summed E-state index contributed by atoms with van der Waals surface area (Å²) in [7, 11) is 0. The molecule has 1 aromatic carbocycles. The highest BCUT2D eigenvalue weighted by atomic mass is 32.1. The first-order chi connectivity index (χ1) is 9.15. The van der Waals surface area contributed by atoms with Crippen molar-refractivity contribution < 1.29 is 14.3 Å². The first-order valence-electron chi connectivity index (χ1n) is 5.69. The molecule has 0 saturated carbocycles. The van der Waals surface area contributed by atoms with E-state index in [1.54, 1.807) is 24.3 Å². The zero-order chi connectivity index (χ0) is 13.7. The predicted octanol–water partition coefficient (Wildman–Crippen LogP) is 2.16. The van der Waals surface area contributed by atoms with Crippen LogP contribution in [0.2, 0.25) is 0 Å². The molecule has 0 bridgehead atoms. The van der Waals surface area contributed by atoms with Crippen LogP contribution in [0.4, 0.5) is 5.69 Å². The van der Waals surface area contributed by atoms with E-state index in [4.69, 9.17) is 15.2 Å². The molecule has 100 valence electrons. The van der Waals surface area contributed by atoms with Crippen molar-refractivity contribution >= 4 is 23.0 Å². The lowest BCUT2D eigenvalue weighted by Gasteiger charge is -2.07. The predicted molar refractivity (Wildman–Crippen MR) is 73.0 cm³/mol. The summed E-state index contributed by atoms with van der Waals surface area (Å²) in [6.45, 7) is 1.90. The standard InChI is InChI=1S/C13H14N2O3S/c1-9-8-19-12(15-9)6-18-13(16)7-17-11-5-3-2-4-10(11)14/h2-5,8H,6-7,14H2,1H3. The Hall–Kier alpha value is -2.08. The Morgan fingerprint density at radius 3 is 2.89 bits per heavy atom. The zero-order valence-electron chi connectivity index (χ0n) is 10.5. The summed E-state index contributed by atoms with van der Waals surface area (Å²) in [6.07, 6.45) is 0. The second-order valence-corrected chi connectivity index (χ2v) is 4.81. The van der Waals surface area contributed by atoms with Crippen LogP contribution < -0.4 is 10.5 Å². The highest BCUT2D eigenvalue weighted by Gasteiger charge is 2.07. The van der Waals surface area contributed by atoms with E-state index in [-0.39, 0.29) is 13.2 Å². The first-order valence-corrected chi connectivity index (χ1v) is 6.57. The number of rotatable bonds is 5. The van der Waals surface area contributed by atoms with Gasteiger partial charge in [0.25, 0.3) is 0 Å². The number of aryl methyl sites for hydroxylation is 1. The van der Waals surface area contributed by atoms with Crippen molar-refractivity contribution in [3.05, 3.63) is 40.3 Å². The minimum Gasteiger partial charge on any atom is -0.480 e. The Balaban J connectivity index is 1.77. The lowest BCUT2D eigenvalue weighted by molar-refractivity contribution is -0.147. The van der Waals surface area contributed by atoms with Gasteiger partial charge in [-0.2, -0.15) is 0 Å². The normalized spacial score (nSPS) is 10.2. The molecule has 0 radical (unpaired) electrons. The number of para-hydroxylation sites is 2. The lowest BCUT2D eigenvalue weighted by Crippen LogP contribution is -2.15. The van der Waals surface area contributed by atoms with Gasteiger partial charge in [0.05, 0.1) is 5.69 Å². The van der Waals surface area contributed by atoms with Gasteiger partial charge in [-0.25, -0.2) is 9.78 Å². The van der Waals surface area contributed by atoms with Gasteiger partial charge in [-0.15, -0.1) is 11.3 Å². The summed E-state index contributed by atoms with van der Waals surface area (Å²) in [4.78, 5) is 15.7. The minimum atomic E-state index is -0.448. The molecule has 2 N–H and O–H groups in total. The van der Waals surface area contributed by atoms with Crippen molar-refractivity contribution in [2.45, 2.75) is 13.5 Å². The number of hydrogen-bond donors (Lipinski definition) is 1. The number of carbonyl (C=O) groups is 1. The maximum Gasteiger partial charge on any atom is 0.344 e. The Morgan fingerprint density at radius 1 is 1.42 bits per heavy atom. The zero-order valence-corrected chi connectivity index (χ0v) is 11.3. The van der Waals surface area contributed by atoms with E-state index in [9.17, 15) is 4.79 Å². The van der Waals surface area contributed by atoms with Crippen LogP contribution in [0.1, 0.15) is 10.7 Å². The number of thiazole rings is 1. The highest BCUT2D eigenvalue weighted by Crippen LogP contribution is 2.19. The molecule has 0 spiro atoms. The second-order valence-electron chi connectivity index (χ2n) is 3.87. The number of nitrogens with two attached hydrogens (primary N) is 1. The number of benzene rings is 1. The van der Waals surface area contributed by atoms with E-state index in [1.165, 1.54) is 11.3 Å². The number of aromatic nitrogens is 1. The third-order valence-corrected chi connectivity index (χ3v) is 3.23. The third kappa shape index (κ3) is 3.96. The highest BCUT2D eigenvalue weighted by molar-refractivity contribution is 7.09. The van der Waals surface area contributed by atoms with Crippen LogP contribution in [-0.4, -0.2) is 17.6 Å². The van der Waals surface area contributed by atoms with E-state index in [1.807, 2.05) is 12.3 Å². The molecule has 2 rings (SSSR count). The molecule has 0 atom stereocenters. The topological polar surface area (TPSA) is 74.4 Å². The monoisotopic (exact) mass is 278 g/mol. The SMILES string of the molecule is Cc1csc(COC(=O)COc2ccccc2N)n1. The average molecular weight is 278 g/mol. The van der Waals surface area contributed by atoms with E-state index in [0.717, 1.165) is 10.7 Å². The van der Waals surface area contributed by atoms with Crippen LogP contribution in [-0.2, 0) is 16.1 Å². The molecule has 0 saturated heterocycles. The average Bonchev–Trinajstić information content (AvgIpc) is 2.81. The van der Waals surface area contributed by atoms with Crippen molar-refractivity contribution in [2.24, 2.45) is 0 Å². The fourth-order valence-electron chi connectivity index (χ4n) is 1.40. The minimum absolute atomic E-state index is 0.168. The van der Waals surface area contributed by atoms with Gasteiger partial charge in [0.2, 0.25) is 0 Å². The summed E-state index contributed by atoms with van der Waals surface area (Å²) in [6, 6.07) is 6.99. The van der Waals surface area contributed by atoms with Gasteiger partial charge in [0.15, 0.2) is 6.61 Å². The number of hydrogen-bond acceptors (Lipinski definition) is 6. The Morgan fingerprint density at radius 2 is 2.21 bits per heavy atom. The smallest absolute Gasteiger partial charge is 0.344 e. The van der Waals surface area contributed by atoms with E-state index in [2.05, 4.69) is 4.98 Å². The molecule has 1 heterocycles. The van der Waals surface area contributed by atoms with E-state index in [0.29, 0.717) is 11.4 Å². The molecule has 0 unspecified atom stereocenters. The molecule has 0 aliphatic carbocycles. The summed E-state index contributed by atoms with van der Waals surface area (Å²) in [5, 5.41) is 2.68. The number of nitrogen functional groups attached to an aromatic ring is 1. The summed E-state index contributed by atoms with van der Waals surface area (Å²) in [5.41, 5.74) is 7.10. The molecular formula is C13H14N2O3S. The number of esters is 1. The van der Waals surface area contributed by atoms with Gasteiger partial charge in [-0.05, 0) is 19.1 Å². The molecular weight excluding hydrogens is 264 g/mol. The van der Waals surface area contributed by atoms with Gasteiger partial charge >= 0.3 is 5.97 Å². The molecule has 0 amide bonds. The maximum absolute atomic E-state index is 11.5. The van der Waals surface area contributed by atoms with Crippen molar-refractivity contribution in [3.8, 4) is 5.75 Å². The van der Waals surface area contributed by atoms with Crippen molar-refractivity contribution in [2.75, 3.05) is 12.3 Å². The second kappa shape index (κ2) is 6.19. The van der Waals surface area contributed by atoms with Crippen LogP contribution in [0.25, 0.3) is 0 Å². The molecule has 5 nitrogen and oxygen atoms in total. The van der Waals surface area contributed by atoms with Gasteiger partial charge in [0.1, 0.15) is 17.4 Å². The fourth-order valence-corrected chi connectivity index (χ4v) is 2.08. The largest absolute Gasteiger partial charge is 0.480 e. The molecule has 0 fully saturated rings. The Bertz CT molecular complexity index is 569. The number of ether oxygens (including phenoxy) is 2. The maximum atomic E-state index is 11.5. The van der Waals surface area contributed by atoms with Crippen LogP contribution >= 0.6 is 11.3 Å². The molecule has 0 aliphatic rings. The Kier molecular flexibility index (Phi) is 4.35. The Labute approximate surface area is 115 Å². The molecule has 0 aliphatic heterocycles. The van der Waals surface area contributed by atoms with Crippen molar-refractivity contribution in [1.29, 1.82) is 0 Å². The summed E-state index contributed by atoms with van der Waals surface area (Å²) in [5.74, 6) is 0.0284. The number of nitrogens with zero attached hydrogens (tertiary/aromatic N) is 1.